The lowest BCUT2D eigenvalue weighted by Crippen LogP contribution is -2.62. The second kappa shape index (κ2) is 7.64. The van der Waals surface area contributed by atoms with Crippen LogP contribution in [0.25, 0.3) is 0 Å². The van der Waals surface area contributed by atoms with Crippen molar-refractivity contribution in [2.75, 3.05) is 14.2 Å². The molecule has 0 bridgehead atoms. The quantitative estimate of drug-likeness (QED) is 0.484. The van der Waals surface area contributed by atoms with E-state index >= 15 is 0 Å². The first kappa shape index (κ1) is 21.3. The number of halogens is 3. The number of aliphatic hydroxyl groups is 1. The van der Waals surface area contributed by atoms with Crippen LogP contribution >= 0.6 is 0 Å². The maximum atomic E-state index is 12.7. The van der Waals surface area contributed by atoms with E-state index in [1.165, 1.54) is 0 Å². The van der Waals surface area contributed by atoms with Gasteiger partial charge in [0.1, 0.15) is 5.75 Å². The van der Waals surface area contributed by atoms with Crippen molar-refractivity contribution in [3.8, 4) is 5.75 Å². The van der Waals surface area contributed by atoms with Crippen molar-refractivity contribution in [2.45, 2.75) is 18.7 Å². The van der Waals surface area contributed by atoms with Gasteiger partial charge in [-0.2, -0.15) is 13.2 Å². The van der Waals surface area contributed by atoms with E-state index in [4.69, 9.17) is 4.74 Å². The van der Waals surface area contributed by atoms with Gasteiger partial charge in [-0.1, -0.05) is 6.07 Å². The van der Waals surface area contributed by atoms with Crippen molar-refractivity contribution < 1.29 is 47.2 Å². The second-order valence-electron chi connectivity index (χ2n) is 5.26. The molecule has 1 rings (SSSR count). The Kier molecular flexibility index (Phi) is 6.26. The van der Waals surface area contributed by atoms with Gasteiger partial charge in [0.05, 0.1) is 19.8 Å². The maximum absolute atomic E-state index is 12.7. The monoisotopic (exact) mass is 377 g/mol. The third kappa shape index (κ3) is 4.25. The zero-order valence-electron chi connectivity index (χ0n) is 13.9. The lowest BCUT2D eigenvalue weighted by Gasteiger charge is -2.26. The predicted octanol–water partition coefficient (Wildman–Crippen LogP) is 0.370. The first-order chi connectivity index (χ1) is 11.9. The summed E-state index contributed by atoms with van der Waals surface area (Å²) >= 11 is 0. The van der Waals surface area contributed by atoms with Gasteiger partial charge in [0.15, 0.2) is 0 Å². The molecule has 0 spiro atoms. The molecule has 26 heavy (non-hydrogen) atoms. The van der Waals surface area contributed by atoms with Gasteiger partial charge in [-0.05, 0) is 24.5 Å². The van der Waals surface area contributed by atoms with E-state index in [9.17, 15) is 37.8 Å². The summed E-state index contributed by atoms with van der Waals surface area (Å²) in [5.74, 6) is -4.62. The van der Waals surface area contributed by atoms with Crippen LogP contribution in [0.1, 0.15) is 17.3 Å². The summed E-state index contributed by atoms with van der Waals surface area (Å²) in [5.41, 5.74) is -4.05. The van der Waals surface area contributed by atoms with Gasteiger partial charge in [-0.25, -0.2) is 4.79 Å². The van der Waals surface area contributed by atoms with E-state index in [2.05, 4.69) is 4.74 Å². The highest BCUT2D eigenvalue weighted by atomic mass is 19.4. The molecular formula is C14H15BF3NO7. The lowest BCUT2D eigenvalue weighted by molar-refractivity contribution is -0.244. The number of alkyl halides is 3. The molecule has 8 nitrogen and oxygen atoms in total. The van der Waals surface area contributed by atoms with Gasteiger partial charge < -0.3 is 24.9 Å². The summed E-state index contributed by atoms with van der Waals surface area (Å²) in [6.07, 6.45) is -5.32. The highest BCUT2D eigenvalue weighted by Gasteiger charge is 2.56. The van der Waals surface area contributed by atoms with Crippen molar-refractivity contribution in [3.05, 3.63) is 23.8 Å². The van der Waals surface area contributed by atoms with Crippen LogP contribution in [0.4, 0.5) is 18.0 Å². The van der Waals surface area contributed by atoms with E-state index in [0.717, 1.165) is 32.4 Å². The Labute approximate surface area is 146 Å². The molecule has 1 aromatic carbocycles. The largest absolute Gasteiger partial charge is 0.497 e. The van der Waals surface area contributed by atoms with Crippen LogP contribution in [-0.2, 0) is 9.53 Å². The predicted molar refractivity (Wildman–Crippen MR) is 82.6 cm³/mol. The minimum absolute atomic E-state index is 0.00847. The van der Waals surface area contributed by atoms with Crippen LogP contribution < -0.4 is 15.4 Å². The van der Waals surface area contributed by atoms with Crippen molar-refractivity contribution in [2.24, 2.45) is 0 Å². The highest BCUT2D eigenvalue weighted by molar-refractivity contribution is 6.98. The van der Waals surface area contributed by atoms with E-state index in [1.54, 1.807) is 5.23 Å². The number of benzene rings is 1. The van der Waals surface area contributed by atoms with Gasteiger partial charge in [0.2, 0.25) is 11.5 Å². The molecule has 142 valence electrons. The number of hydrogen-bond acceptors (Lipinski definition) is 6. The standard InChI is InChI=1S/C14H15BF3NO7/c1-13(24,14(16,17)18)11(21)19-15(12(22)23)8-5-4-7(10(20)26-3)6-9(8)25-2/h4-6,24H,1-3H3,(H,19,21)(H,22,23). The molecule has 3 N–H and O–H groups in total. The molecule has 0 aromatic heterocycles. The van der Waals surface area contributed by atoms with E-state index in [-0.39, 0.29) is 23.7 Å². The molecule has 0 aliphatic rings. The molecular weight excluding hydrogens is 362 g/mol. The SMILES string of the molecule is COC(=O)c1ccc(B(NC(=O)C(C)(O)C(F)(F)F)C(=O)O)c(OC)c1. The second-order valence-corrected chi connectivity index (χ2v) is 5.26. The summed E-state index contributed by atoms with van der Waals surface area (Å²) in [7, 11) is 2.24. The van der Waals surface area contributed by atoms with Crippen LogP contribution in [0.15, 0.2) is 18.2 Å². The first-order valence-corrected chi connectivity index (χ1v) is 6.96. The molecule has 0 aliphatic carbocycles. The zero-order valence-corrected chi connectivity index (χ0v) is 13.9. The molecule has 1 unspecified atom stereocenters. The molecule has 0 heterocycles. The lowest BCUT2D eigenvalue weighted by atomic mass is 9.55. The summed E-state index contributed by atoms with van der Waals surface area (Å²) in [6, 6.07) is 3.32. The van der Waals surface area contributed by atoms with Gasteiger partial charge >= 0.3 is 19.0 Å². The van der Waals surface area contributed by atoms with E-state index in [0.29, 0.717) is 0 Å². The van der Waals surface area contributed by atoms with E-state index < -0.39 is 36.4 Å². The minimum Gasteiger partial charge on any atom is -0.497 e. The molecule has 1 aromatic rings. The molecule has 0 saturated heterocycles. The number of carbonyl (C=O) groups is 3. The van der Waals surface area contributed by atoms with Crippen molar-refractivity contribution in [1.82, 2.24) is 5.23 Å². The minimum atomic E-state index is -5.32. The fourth-order valence-corrected chi connectivity index (χ4v) is 1.87. The molecule has 1 amide bonds. The summed E-state index contributed by atoms with van der Waals surface area (Å²) in [4.78, 5) is 34.7. The molecule has 0 aliphatic heterocycles. The van der Waals surface area contributed by atoms with Gasteiger partial charge in [0.25, 0.3) is 5.87 Å². The van der Waals surface area contributed by atoms with Crippen LogP contribution in [0.5, 0.6) is 5.75 Å². The Morgan fingerprint density at radius 2 is 1.77 bits per heavy atom. The number of amides is 1. The average molecular weight is 377 g/mol. The average Bonchev–Trinajstić information content (AvgIpc) is 2.56. The molecule has 1 atom stereocenters. The molecule has 0 radical (unpaired) electrons. The van der Waals surface area contributed by atoms with Crippen LogP contribution in [0, 0.1) is 0 Å². The number of ether oxygens (including phenoxy) is 2. The third-order valence-electron chi connectivity index (χ3n) is 3.48. The molecule has 0 fully saturated rings. The van der Waals surface area contributed by atoms with Crippen molar-refractivity contribution in [1.29, 1.82) is 0 Å². The molecule has 0 saturated carbocycles. The summed E-state index contributed by atoms with van der Waals surface area (Å²) < 4.78 is 47.6. The van der Waals surface area contributed by atoms with Gasteiger partial charge in [0, 0.05) is 0 Å². The van der Waals surface area contributed by atoms with Gasteiger partial charge in [-0.3, -0.25) is 9.59 Å². The van der Waals surface area contributed by atoms with Crippen LogP contribution in [0.2, 0.25) is 0 Å². The Morgan fingerprint density at radius 1 is 1.19 bits per heavy atom. The van der Waals surface area contributed by atoms with Crippen LogP contribution in [-0.4, -0.2) is 60.8 Å². The van der Waals surface area contributed by atoms with Crippen molar-refractivity contribution in [3.63, 3.8) is 0 Å². The van der Waals surface area contributed by atoms with Crippen LogP contribution in [0.3, 0.4) is 0 Å². The number of methoxy groups -OCH3 is 2. The van der Waals surface area contributed by atoms with E-state index in [1.807, 2.05) is 0 Å². The fraction of sp³-hybridized carbons (Fsp3) is 0.357. The number of rotatable bonds is 6. The number of carbonyl (C=O) groups excluding carboxylic acids is 2. The Balaban J connectivity index is 3.29. The smallest absolute Gasteiger partial charge is 0.426 e. The van der Waals surface area contributed by atoms with Gasteiger partial charge in [-0.15, -0.1) is 0 Å². The number of nitrogens with one attached hydrogen (secondary N) is 1. The first-order valence-electron chi connectivity index (χ1n) is 6.96. The Bertz CT molecular complexity index is 721. The maximum Gasteiger partial charge on any atom is 0.426 e. The summed E-state index contributed by atoms with van der Waals surface area (Å²) in [5, 5.41) is 20.2. The normalized spacial score (nSPS) is 13.3. The fourth-order valence-electron chi connectivity index (χ4n) is 1.87. The molecule has 12 heteroatoms. The number of hydrogen-bond donors (Lipinski definition) is 3. The van der Waals surface area contributed by atoms with Crippen molar-refractivity contribution >= 4 is 30.1 Å². The number of carboxylic acid groups (broad SMARTS) is 1. The zero-order chi connectivity index (χ0) is 20.3. The third-order valence-corrected chi connectivity index (χ3v) is 3.48. The highest BCUT2D eigenvalue weighted by Crippen LogP contribution is 2.30. The Morgan fingerprint density at radius 3 is 2.19 bits per heavy atom. The summed E-state index contributed by atoms with van der Waals surface area (Å²) in [6.45, 7) is -1.78. The number of esters is 1. The Hall–Kier alpha value is -2.76. The topological polar surface area (TPSA) is 122 Å².